The van der Waals surface area contributed by atoms with Crippen LogP contribution in [0, 0.1) is 23.7 Å². The zero-order chi connectivity index (χ0) is 19.3. The first-order valence-corrected chi connectivity index (χ1v) is 8.73. The molecule has 1 aromatic carbocycles. The van der Waals surface area contributed by atoms with Crippen LogP contribution in [0.25, 0.3) is 11.3 Å². The van der Waals surface area contributed by atoms with E-state index in [1.54, 1.807) is 42.3 Å². The molecular formula is C21H19N3O3. The van der Waals surface area contributed by atoms with E-state index in [2.05, 4.69) is 16.8 Å². The fourth-order valence-corrected chi connectivity index (χ4v) is 4.00. The number of hydrogen-bond donors (Lipinski definition) is 2. The van der Waals surface area contributed by atoms with Gasteiger partial charge in [0.25, 0.3) is 11.8 Å². The molecule has 1 saturated carbocycles. The monoisotopic (exact) mass is 361 g/mol. The molecule has 2 aliphatic rings. The molecular weight excluding hydrogens is 342 g/mol. The molecule has 0 bridgehead atoms. The highest BCUT2D eigenvalue weighted by molar-refractivity contribution is 5.94. The summed E-state index contributed by atoms with van der Waals surface area (Å²) < 4.78 is 0. The van der Waals surface area contributed by atoms with Gasteiger partial charge in [-0.2, -0.15) is 0 Å². The van der Waals surface area contributed by atoms with Crippen molar-refractivity contribution in [3.8, 4) is 23.1 Å². The molecule has 0 spiro atoms. The smallest absolute Gasteiger partial charge is 0.267 e. The Bertz CT molecular complexity index is 1020. The minimum atomic E-state index is -1.63. The lowest BCUT2D eigenvalue weighted by Gasteiger charge is -2.21. The first kappa shape index (κ1) is 17.3. The molecule has 2 fully saturated rings. The van der Waals surface area contributed by atoms with Gasteiger partial charge in [0.2, 0.25) is 5.60 Å². The lowest BCUT2D eigenvalue weighted by molar-refractivity contribution is -0.141. The first-order valence-electron chi connectivity index (χ1n) is 8.73. The highest BCUT2D eigenvalue weighted by atomic mass is 16.3. The summed E-state index contributed by atoms with van der Waals surface area (Å²) in [5, 5.41) is 10.8. The van der Waals surface area contributed by atoms with E-state index in [1.807, 2.05) is 19.1 Å². The summed E-state index contributed by atoms with van der Waals surface area (Å²) in [4.78, 5) is 29.5. The van der Waals surface area contributed by atoms with E-state index in [9.17, 15) is 14.7 Å². The Labute approximate surface area is 157 Å². The standard InChI is InChI=1S/C21H19N3O3/c1-12-17-18(12)24(2)20(26)21(17,27)10-9-13-5-3-6-14(11-13)15-7-4-8-16(23-15)19(22)25/h3-8,11-12,17-18,27H,1-2H3,(H2,22,25)/t12?,17?,18?,21-/m0/s1. The molecule has 1 aromatic heterocycles. The van der Waals surface area contributed by atoms with E-state index >= 15 is 0 Å². The number of likely N-dealkylation sites (N-methyl/N-ethyl adjacent to an activating group) is 1. The topological polar surface area (TPSA) is 96.5 Å². The van der Waals surface area contributed by atoms with Gasteiger partial charge >= 0.3 is 0 Å². The maximum Gasteiger partial charge on any atom is 0.267 e. The molecule has 2 amide bonds. The van der Waals surface area contributed by atoms with Gasteiger partial charge in [-0.1, -0.05) is 37.0 Å². The second kappa shape index (κ2) is 5.93. The molecule has 2 heterocycles. The van der Waals surface area contributed by atoms with Crippen molar-refractivity contribution in [3.63, 3.8) is 0 Å². The summed E-state index contributed by atoms with van der Waals surface area (Å²) >= 11 is 0. The van der Waals surface area contributed by atoms with Gasteiger partial charge in [0.05, 0.1) is 5.69 Å². The number of hydrogen-bond acceptors (Lipinski definition) is 4. The number of amides is 2. The van der Waals surface area contributed by atoms with Crippen molar-refractivity contribution >= 4 is 11.8 Å². The van der Waals surface area contributed by atoms with Crippen LogP contribution in [0.15, 0.2) is 42.5 Å². The summed E-state index contributed by atoms with van der Waals surface area (Å²) in [7, 11) is 1.71. The summed E-state index contributed by atoms with van der Waals surface area (Å²) in [5.74, 6) is 4.92. The van der Waals surface area contributed by atoms with E-state index in [4.69, 9.17) is 5.73 Å². The van der Waals surface area contributed by atoms with Gasteiger partial charge in [0.1, 0.15) is 5.69 Å². The summed E-state index contributed by atoms with van der Waals surface area (Å²) in [6.07, 6.45) is 0. The van der Waals surface area contributed by atoms with Crippen molar-refractivity contribution < 1.29 is 14.7 Å². The van der Waals surface area contributed by atoms with Gasteiger partial charge in [-0.05, 0) is 30.2 Å². The molecule has 27 heavy (non-hydrogen) atoms. The van der Waals surface area contributed by atoms with Gasteiger partial charge in [-0.3, -0.25) is 9.59 Å². The van der Waals surface area contributed by atoms with E-state index in [-0.39, 0.29) is 29.5 Å². The normalized spacial score (nSPS) is 28.3. The lowest BCUT2D eigenvalue weighted by atomic mass is 9.96. The number of likely N-dealkylation sites (tertiary alicyclic amines) is 1. The predicted molar refractivity (Wildman–Crippen MR) is 99.2 cm³/mol. The number of carbonyl (C=O) groups is 2. The molecule has 136 valence electrons. The van der Waals surface area contributed by atoms with Crippen molar-refractivity contribution in [1.29, 1.82) is 0 Å². The van der Waals surface area contributed by atoms with Crippen LogP contribution in [0.2, 0.25) is 0 Å². The molecule has 3 N–H and O–H groups in total. The minimum Gasteiger partial charge on any atom is -0.369 e. The van der Waals surface area contributed by atoms with E-state index in [0.717, 1.165) is 5.56 Å². The number of fused-ring (bicyclic) bond motifs is 1. The largest absolute Gasteiger partial charge is 0.369 e. The van der Waals surface area contributed by atoms with Crippen LogP contribution in [0.3, 0.4) is 0 Å². The fourth-order valence-electron chi connectivity index (χ4n) is 4.00. The molecule has 1 saturated heterocycles. The van der Waals surface area contributed by atoms with Crippen molar-refractivity contribution in [2.75, 3.05) is 7.05 Å². The SMILES string of the molecule is CC1C2C1[C@@](O)(C#Cc1cccc(-c3cccc(C(N)=O)n3)c1)C(=O)N2C. The Balaban J connectivity index is 1.66. The summed E-state index contributed by atoms with van der Waals surface area (Å²) in [6, 6.07) is 12.4. The van der Waals surface area contributed by atoms with Crippen LogP contribution < -0.4 is 5.73 Å². The molecule has 0 radical (unpaired) electrons. The third-order valence-corrected chi connectivity index (χ3v) is 5.47. The van der Waals surface area contributed by atoms with Crippen LogP contribution in [0.4, 0.5) is 0 Å². The number of carbonyl (C=O) groups excluding carboxylic acids is 2. The number of nitrogens with zero attached hydrogens (tertiary/aromatic N) is 2. The van der Waals surface area contributed by atoms with Crippen molar-refractivity contribution in [2.24, 2.45) is 17.6 Å². The zero-order valence-electron chi connectivity index (χ0n) is 15.0. The maximum absolute atomic E-state index is 12.3. The van der Waals surface area contributed by atoms with Gasteiger partial charge in [0.15, 0.2) is 0 Å². The van der Waals surface area contributed by atoms with E-state index < -0.39 is 11.5 Å². The molecule has 4 rings (SSSR count). The van der Waals surface area contributed by atoms with Crippen LogP contribution in [0.1, 0.15) is 23.0 Å². The van der Waals surface area contributed by atoms with E-state index in [0.29, 0.717) is 11.3 Å². The van der Waals surface area contributed by atoms with Crippen LogP contribution in [0.5, 0.6) is 0 Å². The number of benzene rings is 1. The van der Waals surface area contributed by atoms with Gasteiger partial charge in [-0.25, -0.2) is 4.98 Å². The third kappa shape index (κ3) is 2.68. The van der Waals surface area contributed by atoms with Crippen molar-refractivity contribution in [2.45, 2.75) is 18.6 Å². The third-order valence-electron chi connectivity index (χ3n) is 5.47. The molecule has 6 heteroatoms. The number of aliphatic hydroxyl groups is 1. The fraction of sp³-hybridized carbons (Fsp3) is 0.286. The van der Waals surface area contributed by atoms with E-state index in [1.165, 1.54) is 0 Å². The lowest BCUT2D eigenvalue weighted by Crippen LogP contribution is -2.43. The number of aromatic nitrogens is 1. The minimum absolute atomic E-state index is 0.0730. The second-order valence-electron chi connectivity index (χ2n) is 7.16. The quantitative estimate of drug-likeness (QED) is 0.781. The van der Waals surface area contributed by atoms with Gasteiger partial charge in [-0.15, -0.1) is 0 Å². The highest BCUT2D eigenvalue weighted by Crippen LogP contribution is 2.55. The zero-order valence-corrected chi connectivity index (χ0v) is 15.0. The van der Waals surface area contributed by atoms with Crippen LogP contribution in [-0.2, 0) is 4.79 Å². The van der Waals surface area contributed by atoms with Crippen LogP contribution in [-0.4, -0.2) is 45.5 Å². The Hall–Kier alpha value is -3.17. The Morgan fingerprint density at radius 3 is 2.74 bits per heavy atom. The summed E-state index contributed by atoms with van der Waals surface area (Å²) in [6.45, 7) is 2.02. The first-order chi connectivity index (χ1) is 12.8. The van der Waals surface area contributed by atoms with Crippen molar-refractivity contribution in [1.82, 2.24) is 9.88 Å². The van der Waals surface area contributed by atoms with Gasteiger partial charge in [0, 0.05) is 30.1 Å². The Kier molecular flexibility index (Phi) is 3.79. The van der Waals surface area contributed by atoms with Crippen molar-refractivity contribution in [3.05, 3.63) is 53.7 Å². The molecule has 6 nitrogen and oxygen atoms in total. The predicted octanol–water partition coefficient (Wildman–Crippen LogP) is 1.04. The molecule has 1 aliphatic carbocycles. The molecule has 3 unspecified atom stereocenters. The number of nitrogens with two attached hydrogens (primary N) is 1. The molecule has 2 aromatic rings. The number of piperidine rings is 1. The highest BCUT2D eigenvalue weighted by Gasteiger charge is 2.70. The number of pyridine rings is 1. The average molecular weight is 361 g/mol. The maximum atomic E-state index is 12.3. The Morgan fingerprint density at radius 2 is 2.04 bits per heavy atom. The number of rotatable bonds is 2. The molecule has 4 atom stereocenters. The van der Waals surface area contributed by atoms with Gasteiger partial charge < -0.3 is 15.7 Å². The Morgan fingerprint density at radius 1 is 1.30 bits per heavy atom. The molecule has 1 aliphatic heterocycles. The summed E-state index contributed by atoms with van der Waals surface area (Å²) in [5.41, 5.74) is 5.87. The second-order valence-corrected chi connectivity index (χ2v) is 7.16. The van der Waals surface area contributed by atoms with Crippen LogP contribution >= 0.6 is 0 Å². The number of primary amides is 1. The average Bonchev–Trinajstić information content (AvgIpc) is 3.31.